The Bertz CT molecular complexity index is 743. The summed E-state index contributed by atoms with van der Waals surface area (Å²) in [5, 5.41) is 0. The van der Waals surface area contributed by atoms with E-state index < -0.39 is 0 Å². The van der Waals surface area contributed by atoms with Gasteiger partial charge in [0.2, 0.25) is 5.91 Å². The zero-order chi connectivity index (χ0) is 20.0. The van der Waals surface area contributed by atoms with Gasteiger partial charge in [-0.1, -0.05) is 0 Å². The van der Waals surface area contributed by atoms with Crippen LogP contribution in [0.4, 0.5) is 0 Å². The fourth-order valence-corrected chi connectivity index (χ4v) is 6.86. The minimum absolute atomic E-state index is 0.0356. The van der Waals surface area contributed by atoms with Crippen LogP contribution >= 0.6 is 0 Å². The predicted molar refractivity (Wildman–Crippen MR) is 109 cm³/mol. The summed E-state index contributed by atoms with van der Waals surface area (Å²) < 4.78 is 10.8. The number of benzene rings is 1. The first-order chi connectivity index (χ1) is 14.0. The molecule has 1 saturated heterocycles. The van der Waals surface area contributed by atoms with Crippen LogP contribution in [0.25, 0.3) is 0 Å². The van der Waals surface area contributed by atoms with Crippen molar-refractivity contribution in [2.24, 2.45) is 23.2 Å². The van der Waals surface area contributed by atoms with Gasteiger partial charge < -0.3 is 14.4 Å². The third kappa shape index (κ3) is 3.53. The highest BCUT2D eigenvalue weighted by Crippen LogP contribution is 2.60. The fourth-order valence-electron chi connectivity index (χ4n) is 6.86. The molecule has 156 valence electrons. The first kappa shape index (κ1) is 19.0. The van der Waals surface area contributed by atoms with Gasteiger partial charge in [-0.25, -0.2) is 4.79 Å². The lowest BCUT2D eigenvalue weighted by atomic mass is 9.49. The molecule has 0 radical (unpaired) electrons. The van der Waals surface area contributed by atoms with Crippen molar-refractivity contribution < 1.29 is 19.1 Å². The Hall–Kier alpha value is -2.04. The van der Waals surface area contributed by atoms with Crippen LogP contribution in [0, 0.1) is 23.2 Å². The number of rotatable bonds is 4. The SMILES string of the molecule is COC(=O)c1ccc(OC2CCN(C(=O)C34CC5CC(CC(C5)C3)C4)CC2)cc1. The number of nitrogens with zero attached hydrogens (tertiary/aromatic N) is 1. The number of hydrogen-bond acceptors (Lipinski definition) is 4. The van der Waals surface area contributed by atoms with Crippen molar-refractivity contribution in [2.75, 3.05) is 20.2 Å². The second-order valence-electron chi connectivity index (χ2n) is 9.82. The highest BCUT2D eigenvalue weighted by atomic mass is 16.5. The molecule has 1 aromatic rings. The lowest BCUT2D eigenvalue weighted by molar-refractivity contribution is -0.159. The van der Waals surface area contributed by atoms with Crippen molar-refractivity contribution in [1.29, 1.82) is 0 Å². The number of piperidine rings is 1. The Morgan fingerprint density at radius 3 is 2.00 bits per heavy atom. The van der Waals surface area contributed by atoms with Crippen molar-refractivity contribution in [1.82, 2.24) is 4.90 Å². The third-order valence-corrected chi connectivity index (χ3v) is 7.80. The van der Waals surface area contributed by atoms with Gasteiger partial charge in [-0.3, -0.25) is 4.79 Å². The van der Waals surface area contributed by atoms with Crippen LogP contribution in [0.5, 0.6) is 5.75 Å². The van der Waals surface area contributed by atoms with Crippen LogP contribution in [0.15, 0.2) is 24.3 Å². The summed E-state index contributed by atoms with van der Waals surface area (Å²) in [4.78, 5) is 27.2. The second-order valence-corrected chi connectivity index (χ2v) is 9.82. The molecule has 4 saturated carbocycles. The van der Waals surface area contributed by atoms with E-state index in [1.165, 1.54) is 26.4 Å². The lowest BCUT2D eigenvalue weighted by Gasteiger charge is -2.57. The van der Waals surface area contributed by atoms with Gasteiger partial charge in [-0.15, -0.1) is 0 Å². The number of likely N-dealkylation sites (tertiary alicyclic amines) is 1. The topological polar surface area (TPSA) is 55.8 Å². The van der Waals surface area contributed by atoms with Crippen LogP contribution in [0.2, 0.25) is 0 Å². The Morgan fingerprint density at radius 1 is 0.931 bits per heavy atom. The summed E-state index contributed by atoms with van der Waals surface area (Å²) >= 11 is 0. The number of ether oxygens (including phenoxy) is 2. The first-order valence-electron chi connectivity index (χ1n) is 11.2. The molecule has 5 aliphatic rings. The smallest absolute Gasteiger partial charge is 0.337 e. The Kier molecular flexibility index (Phi) is 4.79. The van der Waals surface area contributed by atoms with E-state index in [1.807, 2.05) is 12.1 Å². The van der Waals surface area contributed by atoms with E-state index in [-0.39, 0.29) is 17.5 Å². The van der Waals surface area contributed by atoms with E-state index in [9.17, 15) is 9.59 Å². The van der Waals surface area contributed by atoms with E-state index in [1.54, 1.807) is 12.1 Å². The van der Waals surface area contributed by atoms with Crippen molar-refractivity contribution in [3.63, 3.8) is 0 Å². The molecule has 0 atom stereocenters. The van der Waals surface area contributed by atoms with Crippen LogP contribution in [-0.2, 0) is 9.53 Å². The molecule has 1 aromatic carbocycles. The van der Waals surface area contributed by atoms with Crippen molar-refractivity contribution in [3.8, 4) is 5.75 Å². The molecule has 1 aliphatic heterocycles. The van der Waals surface area contributed by atoms with E-state index in [2.05, 4.69) is 4.90 Å². The van der Waals surface area contributed by atoms with E-state index in [0.717, 1.165) is 68.7 Å². The zero-order valence-electron chi connectivity index (χ0n) is 17.3. The Balaban J connectivity index is 1.17. The Labute approximate surface area is 172 Å². The molecule has 0 spiro atoms. The molecule has 6 rings (SSSR count). The third-order valence-electron chi connectivity index (χ3n) is 7.80. The van der Waals surface area contributed by atoms with Crippen molar-refractivity contribution >= 4 is 11.9 Å². The van der Waals surface area contributed by atoms with Gasteiger partial charge in [0.05, 0.1) is 18.1 Å². The van der Waals surface area contributed by atoms with Gasteiger partial charge in [0.25, 0.3) is 0 Å². The molecule has 0 N–H and O–H groups in total. The minimum atomic E-state index is -0.340. The van der Waals surface area contributed by atoms with E-state index >= 15 is 0 Å². The van der Waals surface area contributed by atoms with Crippen LogP contribution in [0.1, 0.15) is 61.7 Å². The first-order valence-corrected chi connectivity index (χ1v) is 11.2. The maximum atomic E-state index is 13.5. The quantitative estimate of drug-likeness (QED) is 0.719. The number of methoxy groups -OCH3 is 1. The number of carbonyl (C=O) groups excluding carboxylic acids is 2. The largest absolute Gasteiger partial charge is 0.490 e. The maximum Gasteiger partial charge on any atom is 0.337 e. The average molecular weight is 398 g/mol. The van der Waals surface area contributed by atoms with Gasteiger partial charge in [-0.2, -0.15) is 0 Å². The summed E-state index contributed by atoms with van der Waals surface area (Å²) in [6.45, 7) is 1.59. The standard InChI is InChI=1S/C24H31NO4/c1-28-22(26)19-2-4-20(5-3-19)29-21-6-8-25(9-7-21)23(27)24-13-16-10-17(14-24)12-18(11-16)15-24/h2-5,16-18,21H,6-15H2,1H3. The van der Waals surface area contributed by atoms with Gasteiger partial charge in [0.15, 0.2) is 0 Å². The van der Waals surface area contributed by atoms with Crippen molar-refractivity contribution in [2.45, 2.75) is 57.5 Å². The summed E-state index contributed by atoms with van der Waals surface area (Å²) in [5.41, 5.74) is 0.488. The zero-order valence-corrected chi connectivity index (χ0v) is 17.3. The van der Waals surface area contributed by atoms with Crippen molar-refractivity contribution in [3.05, 3.63) is 29.8 Å². The van der Waals surface area contributed by atoms with Gasteiger partial charge in [-0.05, 0) is 80.5 Å². The van der Waals surface area contributed by atoms with Crippen LogP contribution < -0.4 is 4.74 Å². The summed E-state index contributed by atoms with van der Waals surface area (Å²) in [6, 6.07) is 7.10. The monoisotopic (exact) mass is 397 g/mol. The second kappa shape index (κ2) is 7.33. The predicted octanol–water partition coefficient (Wildman–Crippen LogP) is 4.06. The summed E-state index contributed by atoms with van der Waals surface area (Å²) in [5.74, 6) is 3.28. The molecular formula is C24H31NO4. The maximum absolute atomic E-state index is 13.5. The molecule has 0 unspecified atom stereocenters. The number of carbonyl (C=O) groups is 2. The number of hydrogen-bond donors (Lipinski definition) is 0. The number of amides is 1. The lowest BCUT2D eigenvalue weighted by Crippen LogP contribution is -2.56. The van der Waals surface area contributed by atoms with Crippen LogP contribution in [0.3, 0.4) is 0 Å². The molecule has 4 aliphatic carbocycles. The molecule has 5 nitrogen and oxygen atoms in total. The molecule has 5 heteroatoms. The normalized spacial score (nSPS) is 33.6. The molecule has 29 heavy (non-hydrogen) atoms. The molecule has 4 bridgehead atoms. The summed E-state index contributed by atoms with van der Waals surface area (Å²) in [6.07, 6.45) is 9.40. The minimum Gasteiger partial charge on any atom is -0.490 e. The van der Waals surface area contributed by atoms with Crippen LogP contribution in [-0.4, -0.2) is 43.1 Å². The van der Waals surface area contributed by atoms with E-state index in [0.29, 0.717) is 11.5 Å². The van der Waals surface area contributed by atoms with Gasteiger partial charge in [0.1, 0.15) is 11.9 Å². The molecule has 1 heterocycles. The van der Waals surface area contributed by atoms with E-state index in [4.69, 9.17) is 9.47 Å². The van der Waals surface area contributed by atoms with Gasteiger partial charge >= 0.3 is 5.97 Å². The molecule has 0 aromatic heterocycles. The highest BCUT2D eigenvalue weighted by molar-refractivity contribution is 5.89. The molecular weight excluding hydrogens is 366 g/mol. The molecule has 1 amide bonds. The summed E-state index contributed by atoms with van der Waals surface area (Å²) in [7, 11) is 1.38. The average Bonchev–Trinajstić information content (AvgIpc) is 2.73. The highest BCUT2D eigenvalue weighted by Gasteiger charge is 2.55. The molecule has 5 fully saturated rings. The fraction of sp³-hybridized carbons (Fsp3) is 0.667. The Morgan fingerprint density at radius 2 is 1.48 bits per heavy atom. The van der Waals surface area contributed by atoms with Gasteiger partial charge in [0, 0.05) is 25.9 Å². The number of esters is 1.